The van der Waals surface area contributed by atoms with Gasteiger partial charge in [-0.2, -0.15) is 10.1 Å². The molecular weight excluding hydrogens is 403 g/mol. The maximum atomic E-state index is 4.76. The average Bonchev–Trinajstić information content (AvgIpc) is 2.96. The molecule has 7 heteroatoms. The van der Waals surface area contributed by atoms with Crippen molar-refractivity contribution in [2.45, 2.75) is 51.1 Å². The molecule has 0 bridgehead atoms. The number of anilines is 3. The first kappa shape index (κ1) is 15.2. The summed E-state index contributed by atoms with van der Waals surface area (Å²) in [7, 11) is 0. The van der Waals surface area contributed by atoms with Crippen molar-refractivity contribution in [2.24, 2.45) is 0 Å². The molecule has 122 valence electrons. The molecule has 1 aliphatic carbocycles. The van der Waals surface area contributed by atoms with Gasteiger partial charge in [0, 0.05) is 31.4 Å². The van der Waals surface area contributed by atoms with Crippen LogP contribution in [0.3, 0.4) is 0 Å². The number of hydrogen-bond donors (Lipinski definition) is 1. The molecule has 2 aromatic heterocycles. The first-order valence-electron chi connectivity index (χ1n) is 8.40. The van der Waals surface area contributed by atoms with Gasteiger partial charge in [-0.1, -0.05) is 19.3 Å². The number of rotatable bonds is 3. The Hall–Kier alpha value is -1.38. The second-order valence-electron chi connectivity index (χ2n) is 6.27. The third-order valence-electron chi connectivity index (χ3n) is 4.61. The lowest BCUT2D eigenvalue weighted by Gasteiger charge is -2.29. The molecule has 6 nitrogen and oxygen atoms in total. The first-order chi connectivity index (χ1) is 11.3. The lowest BCUT2D eigenvalue weighted by Crippen LogP contribution is -2.29. The summed E-state index contributed by atoms with van der Waals surface area (Å²) in [5.74, 6) is 2.83. The normalized spacial score (nSPS) is 18.7. The molecule has 4 rings (SSSR count). The first-order valence-corrected chi connectivity index (χ1v) is 9.48. The van der Waals surface area contributed by atoms with E-state index >= 15 is 0 Å². The highest BCUT2D eigenvalue weighted by Gasteiger charge is 2.22. The molecule has 1 saturated carbocycles. The fourth-order valence-corrected chi connectivity index (χ4v) is 4.02. The van der Waals surface area contributed by atoms with Crippen molar-refractivity contribution in [2.75, 3.05) is 16.8 Å². The topological polar surface area (TPSA) is 58.9 Å². The third kappa shape index (κ3) is 3.29. The van der Waals surface area contributed by atoms with Crippen LogP contribution in [0.2, 0.25) is 0 Å². The van der Waals surface area contributed by atoms with E-state index in [9.17, 15) is 0 Å². The third-order valence-corrected chi connectivity index (χ3v) is 5.14. The van der Waals surface area contributed by atoms with E-state index in [4.69, 9.17) is 4.98 Å². The van der Waals surface area contributed by atoms with E-state index < -0.39 is 0 Å². The summed E-state index contributed by atoms with van der Waals surface area (Å²) in [6.07, 6.45) is 9.36. The lowest BCUT2D eigenvalue weighted by molar-refractivity contribution is 0.461. The zero-order valence-corrected chi connectivity index (χ0v) is 15.2. The van der Waals surface area contributed by atoms with Gasteiger partial charge in [-0.15, -0.1) is 0 Å². The van der Waals surface area contributed by atoms with Gasteiger partial charge in [-0.3, -0.25) is 0 Å². The van der Waals surface area contributed by atoms with Crippen LogP contribution in [-0.2, 0) is 6.54 Å². The molecule has 23 heavy (non-hydrogen) atoms. The molecule has 0 unspecified atom stereocenters. The van der Waals surface area contributed by atoms with Crippen molar-refractivity contribution in [1.29, 1.82) is 0 Å². The minimum Gasteiger partial charge on any atom is -0.351 e. The highest BCUT2D eigenvalue weighted by atomic mass is 127. The zero-order valence-electron chi connectivity index (χ0n) is 13.1. The van der Waals surface area contributed by atoms with Crippen molar-refractivity contribution in [3.8, 4) is 0 Å². The summed E-state index contributed by atoms with van der Waals surface area (Å²) in [6, 6.07) is 4.63. The molecular formula is C16H21IN6. The smallest absolute Gasteiger partial charge is 0.224 e. The minimum atomic E-state index is 0.520. The highest BCUT2D eigenvalue weighted by molar-refractivity contribution is 14.1. The molecule has 0 atom stereocenters. The summed E-state index contributed by atoms with van der Waals surface area (Å²) in [5.41, 5.74) is 0. The van der Waals surface area contributed by atoms with Crippen LogP contribution >= 0.6 is 22.6 Å². The lowest BCUT2D eigenvalue weighted by atomic mass is 9.96. The molecule has 0 radical (unpaired) electrons. The Balaban J connectivity index is 1.56. The summed E-state index contributed by atoms with van der Waals surface area (Å²) < 4.78 is 3.10. The Labute approximate surface area is 149 Å². The number of nitrogens with zero attached hydrogens (tertiary/aromatic N) is 5. The van der Waals surface area contributed by atoms with Crippen molar-refractivity contribution >= 4 is 40.2 Å². The molecule has 0 saturated heterocycles. The van der Waals surface area contributed by atoms with Crippen molar-refractivity contribution in [1.82, 2.24) is 19.7 Å². The highest BCUT2D eigenvalue weighted by Crippen LogP contribution is 2.29. The molecule has 1 fully saturated rings. The monoisotopic (exact) mass is 424 g/mol. The molecule has 0 amide bonds. The van der Waals surface area contributed by atoms with Gasteiger partial charge in [0.1, 0.15) is 15.3 Å². The van der Waals surface area contributed by atoms with Crippen LogP contribution in [0.15, 0.2) is 18.3 Å². The number of hydrogen-bond acceptors (Lipinski definition) is 5. The maximum Gasteiger partial charge on any atom is 0.224 e. The second kappa shape index (κ2) is 6.62. The van der Waals surface area contributed by atoms with Crippen LogP contribution in [0, 0.1) is 3.70 Å². The van der Waals surface area contributed by atoms with E-state index in [-0.39, 0.29) is 0 Å². The van der Waals surface area contributed by atoms with Gasteiger partial charge in [0.2, 0.25) is 5.95 Å². The quantitative estimate of drug-likeness (QED) is 0.764. The molecule has 1 N–H and O–H groups in total. The largest absolute Gasteiger partial charge is 0.351 e. The van der Waals surface area contributed by atoms with Gasteiger partial charge < -0.3 is 10.2 Å². The van der Waals surface area contributed by atoms with Gasteiger partial charge in [0.05, 0.1) is 0 Å². The summed E-state index contributed by atoms with van der Waals surface area (Å²) in [5, 5.41) is 8.06. The zero-order chi connectivity index (χ0) is 15.6. The van der Waals surface area contributed by atoms with Crippen LogP contribution in [0.5, 0.6) is 0 Å². The van der Waals surface area contributed by atoms with Crippen LogP contribution in [0.25, 0.3) is 0 Å². The molecule has 3 heterocycles. The van der Waals surface area contributed by atoms with E-state index in [1.54, 1.807) is 0 Å². The molecule has 2 aromatic rings. The number of aromatic nitrogens is 4. The van der Waals surface area contributed by atoms with Gasteiger partial charge in [-0.25, -0.2) is 9.67 Å². The minimum absolute atomic E-state index is 0.520. The Bertz CT molecular complexity index is 679. The predicted molar refractivity (Wildman–Crippen MR) is 99.1 cm³/mol. The summed E-state index contributed by atoms with van der Waals surface area (Å²) in [4.78, 5) is 11.4. The van der Waals surface area contributed by atoms with Gasteiger partial charge in [0.15, 0.2) is 0 Å². The summed E-state index contributed by atoms with van der Waals surface area (Å²) in [6.45, 7) is 1.95. The molecule has 1 aliphatic heterocycles. The van der Waals surface area contributed by atoms with Crippen LogP contribution in [0.4, 0.5) is 17.6 Å². The number of halogens is 1. The van der Waals surface area contributed by atoms with Gasteiger partial charge in [0.25, 0.3) is 0 Å². The Morgan fingerprint density at radius 1 is 1.13 bits per heavy atom. The van der Waals surface area contributed by atoms with E-state index in [1.165, 1.54) is 32.1 Å². The van der Waals surface area contributed by atoms with E-state index in [1.807, 2.05) is 12.3 Å². The Morgan fingerprint density at radius 3 is 2.87 bits per heavy atom. The molecule has 0 aromatic carbocycles. The van der Waals surface area contributed by atoms with Gasteiger partial charge in [-0.05, 0) is 47.9 Å². The van der Waals surface area contributed by atoms with E-state index in [2.05, 4.69) is 53.6 Å². The van der Waals surface area contributed by atoms with Gasteiger partial charge >= 0.3 is 0 Å². The fourth-order valence-electron chi connectivity index (χ4n) is 3.48. The maximum absolute atomic E-state index is 4.76. The van der Waals surface area contributed by atoms with Crippen LogP contribution in [-0.4, -0.2) is 32.3 Å². The fraction of sp³-hybridized carbons (Fsp3) is 0.562. The van der Waals surface area contributed by atoms with Crippen molar-refractivity contribution in [3.63, 3.8) is 0 Å². The van der Waals surface area contributed by atoms with Crippen molar-refractivity contribution < 1.29 is 0 Å². The SMILES string of the molecule is Ic1cc2n(n1)CCCN2c1ccnc(NC2CCCCC2)n1. The van der Waals surface area contributed by atoms with Crippen LogP contribution in [0.1, 0.15) is 38.5 Å². The second-order valence-corrected chi connectivity index (χ2v) is 7.38. The van der Waals surface area contributed by atoms with E-state index in [0.29, 0.717) is 6.04 Å². The molecule has 0 spiro atoms. The van der Waals surface area contributed by atoms with Crippen molar-refractivity contribution in [3.05, 3.63) is 22.0 Å². The number of fused-ring (bicyclic) bond motifs is 1. The Morgan fingerprint density at radius 2 is 2.00 bits per heavy atom. The molecule has 2 aliphatic rings. The Kier molecular flexibility index (Phi) is 4.37. The summed E-state index contributed by atoms with van der Waals surface area (Å²) >= 11 is 2.27. The average molecular weight is 424 g/mol. The van der Waals surface area contributed by atoms with Crippen LogP contribution < -0.4 is 10.2 Å². The predicted octanol–water partition coefficient (Wildman–Crippen LogP) is 3.56. The van der Waals surface area contributed by atoms with E-state index in [0.717, 1.165) is 40.8 Å². The standard InChI is InChI=1S/C16H21IN6/c17-13-11-15-22(9-4-10-23(15)21-13)14-7-8-18-16(20-14)19-12-5-2-1-3-6-12/h7-8,11-12H,1-6,9-10H2,(H,18,19,20). The number of nitrogens with one attached hydrogen (secondary N) is 1. The number of aryl methyl sites for hydroxylation is 1.